The summed E-state index contributed by atoms with van der Waals surface area (Å²) in [5.74, 6) is 0. The molecule has 0 saturated heterocycles. The fourth-order valence-electron chi connectivity index (χ4n) is 1.64. The topological polar surface area (TPSA) is 46.4 Å². The highest BCUT2D eigenvalue weighted by atomic mass is 16.6. The van der Waals surface area contributed by atoms with E-state index in [1.54, 1.807) is 12.1 Å². The highest BCUT2D eigenvalue weighted by molar-refractivity contribution is 5.52. The van der Waals surface area contributed by atoms with Gasteiger partial charge in [0.15, 0.2) is 0 Å². The molecule has 0 amide bonds. The average molecular weight is 228 g/mol. The summed E-state index contributed by atoms with van der Waals surface area (Å²) in [6.45, 7) is 0.741. The number of hydrogen-bond donors (Lipinski definition) is 0. The quantitative estimate of drug-likeness (QED) is 0.452. The molecule has 0 saturated carbocycles. The standard InChI is InChI=1S/C13H12N2O2/c1-14(10-11-4-2-3-5-11)12-6-8-13(9-7-12)15(16)17/h2-4,6-9H,10H2,1H3. The van der Waals surface area contributed by atoms with Crippen LogP contribution < -0.4 is 4.90 Å². The van der Waals surface area contributed by atoms with E-state index in [4.69, 9.17) is 0 Å². The molecule has 1 aliphatic carbocycles. The predicted octanol–water partition coefficient (Wildman–Crippen LogP) is 2.68. The molecule has 0 aromatic heterocycles. The van der Waals surface area contributed by atoms with Crippen molar-refractivity contribution >= 4 is 11.4 Å². The molecule has 0 fully saturated rings. The van der Waals surface area contributed by atoms with Gasteiger partial charge in [-0.1, -0.05) is 6.08 Å². The van der Waals surface area contributed by atoms with E-state index in [2.05, 4.69) is 5.73 Å². The lowest BCUT2D eigenvalue weighted by Gasteiger charge is -2.18. The Bertz CT molecular complexity index is 523. The number of nitrogens with zero attached hydrogens (tertiary/aromatic N) is 2. The van der Waals surface area contributed by atoms with Crippen molar-refractivity contribution < 1.29 is 4.92 Å². The normalized spacial score (nSPS) is 12.6. The van der Waals surface area contributed by atoms with Gasteiger partial charge in [0.2, 0.25) is 0 Å². The van der Waals surface area contributed by atoms with E-state index in [9.17, 15) is 10.1 Å². The summed E-state index contributed by atoms with van der Waals surface area (Å²) >= 11 is 0. The van der Waals surface area contributed by atoms with Gasteiger partial charge in [-0.3, -0.25) is 10.1 Å². The van der Waals surface area contributed by atoms with E-state index in [1.165, 1.54) is 12.1 Å². The molecule has 0 bridgehead atoms. The van der Waals surface area contributed by atoms with Crippen molar-refractivity contribution in [2.75, 3.05) is 18.5 Å². The maximum Gasteiger partial charge on any atom is 0.269 e. The molecular weight excluding hydrogens is 216 g/mol. The van der Waals surface area contributed by atoms with Crippen molar-refractivity contribution in [3.63, 3.8) is 0 Å². The molecule has 1 aliphatic rings. The molecule has 0 aliphatic heterocycles. The molecule has 4 nitrogen and oxygen atoms in total. The Balaban J connectivity index is 2.09. The first-order valence-corrected chi connectivity index (χ1v) is 5.24. The van der Waals surface area contributed by atoms with E-state index >= 15 is 0 Å². The number of likely N-dealkylation sites (N-methyl/N-ethyl adjacent to an activating group) is 1. The fourth-order valence-corrected chi connectivity index (χ4v) is 1.64. The number of rotatable bonds is 4. The van der Waals surface area contributed by atoms with Crippen molar-refractivity contribution in [1.82, 2.24) is 0 Å². The Labute approximate surface area is 99.3 Å². The summed E-state index contributed by atoms with van der Waals surface area (Å²) in [5, 5.41) is 10.5. The summed E-state index contributed by atoms with van der Waals surface area (Å²) in [7, 11) is 1.95. The Hall–Kier alpha value is -2.32. The van der Waals surface area contributed by atoms with Crippen molar-refractivity contribution in [3.05, 3.63) is 63.9 Å². The molecule has 4 heteroatoms. The number of hydrogen-bond acceptors (Lipinski definition) is 3. The number of nitro benzene ring substituents is 1. The van der Waals surface area contributed by atoms with Crippen LogP contribution >= 0.6 is 0 Å². The van der Waals surface area contributed by atoms with Crippen LogP contribution in [0.5, 0.6) is 0 Å². The lowest BCUT2D eigenvalue weighted by atomic mass is 10.2. The zero-order valence-electron chi connectivity index (χ0n) is 9.46. The van der Waals surface area contributed by atoms with Crippen molar-refractivity contribution in [2.24, 2.45) is 0 Å². The second kappa shape index (κ2) is 4.68. The molecule has 86 valence electrons. The summed E-state index contributed by atoms with van der Waals surface area (Å²) in [6.07, 6.45) is 5.82. The van der Waals surface area contributed by atoms with Gasteiger partial charge in [-0.15, -0.1) is 5.73 Å². The minimum Gasteiger partial charge on any atom is -0.370 e. The monoisotopic (exact) mass is 228 g/mol. The molecule has 2 rings (SSSR count). The summed E-state index contributed by atoms with van der Waals surface area (Å²) in [5.41, 5.74) is 5.28. The SMILES string of the molecule is CN(CC1=C=CC=C1)c1ccc([N+](=O)[O-])cc1. The van der Waals surface area contributed by atoms with Crippen LogP contribution in [0, 0.1) is 10.1 Å². The van der Waals surface area contributed by atoms with Gasteiger partial charge < -0.3 is 4.90 Å². The van der Waals surface area contributed by atoms with Crippen LogP contribution in [0.4, 0.5) is 11.4 Å². The largest absolute Gasteiger partial charge is 0.370 e. The Morgan fingerprint density at radius 1 is 1.35 bits per heavy atom. The first kappa shape index (κ1) is 11.2. The Kier molecular flexibility index (Phi) is 3.08. The number of nitro groups is 1. The maximum absolute atomic E-state index is 10.5. The van der Waals surface area contributed by atoms with Crippen LogP contribution in [0.2, 0.25) is 0 Å². The smallest absolute Gasteiger partial charge is 0.269 e. The Morgan fingerprint density at radius 2 is 2.06 bits per heavy atom. The molecule has 17 heavy (non-hydrogen) atoms. The first-order chi connectivity index (χ1) is 8.16. The van der Waals surface area contributed by atoms with Crippen molar-refractivity contribution in [3.8, 4) is 0 Å². The first-order valence-electron chi connectivity index (χ1n) is 5.24. The summed E-state index contributed by atoms with van der Waals surface area (Å²) < 4.78 is 0. The fraction of sp³-hybridized carbons (Fsp3) is 0.154. The van der Waals surface area contributed by atoms with Crippen molar-refractivity contribution in [1.29, 1.82) is 0 Å². The maximum atomic E-state index is 10.5. The van der Waals surface area contributed by atoms with Crippen LogP contribution in [-0.2, 0) is 0 Å². The highest BCUT2D eigenvalue weighted by Gasteiger charge is 2.07. The lowest BCUT2D eigenvalue weighted by Crippen LogP contribution is -2.19. The molecule has 0 heterocycles. The summed E-state index contributed by atoms with van der Waals surface area (Å²) in [4.78, 5) is 12.2. The Morgan fingerprint density at radius 3 is 2.59 bits per heavy atom. The van der Waals surface area contributed by atoms with Crippen LogP contribution in [0.15, 0.2) is 53.8 Å². The third-order valence-electron chi connectivity index (χ3n) is 2.57. The van der Waals surface area contributed by atoms with Gasteiger partial charge in [0.25, 0.3) is 5.69 Å². The van der Waals surface area contributed by atoms with Gasteiger partial charge in [-0.2, -0.15) is 0 Å². The number of benzene rings is 1. The number of allylic oxidation sites excluding steroid dienone is 1. The molecule has 1 aromatic rings. The molecule has 0 radical (unpaired) electrons. The van der Waals surface area contributed by atoms with Gasteiger partial charge in [-0.25, -0.2) is 0 Å². The molecule has 0 spiro atoms. The van der Waals surface area contributed by atoms with E-state index in [1.807, 2.05) is 30.2 Å². The van der Waals surface area contributed by atoms with Crippen LogP contribution in [0.3, 0.4) is 0 Å². The van der Waals surface area contributed by atoms with Crippen LogP contribution in [0.1, 0.15) is 0 Å². The second-order valence-electron chi connectivity index (χ2n) is 3.82. The second-order valence-corrected chi connectivity index (χ2v) is 3.82. The zero-order chi connectivity index (χ0) is 12.3. The average Bonchev–Trinajstić information content (AvgIpc) is 2.82. The molecule has 0 unspecified atom stereocenters. The van der Waals surface area contributed by atoms with Gasteiger partial charge in [0.1, 0.15) is 0 Å². The van der Waals surface area contributed by atoms with Gasteiger partial charge in [-0.05, 0) is 24.3 Å². The van der Waals surface area contributed by atoms with Gasteiger partial charge in [0, 0.05) is 37.0 Å². The minimum absolute atomic E-state index is 0.113. The number of non-ortho nitro benzene ring substituents is 1. The molecular formula is C13H12N2O2. The van der Waals surface area contributed by atoms with E-state index in [0.717, 1.165) is 17.8 Å². The third kappa shape index (κ3) is 2.62. The van der Waals surface area contributed by atoms with E-state index in [0.29, 0.717) is 0 Å². The predicted molar refractivity (Wildman–Crippen MR) is 67.1 cm³/mol. The minimum atomic E-state index is -0.394. The van der Waals surface area contributed by atoms with Crippen LogP contribution in [0.25, 0.3) is 0 Å². The highest BCUT2D eigenvalue weighted by Crippen LogP contribution is 2.19. The van der Waals surface area contributed by atoms with E-state index in [-0.39, 0.29) is 5.69 Å². The third-order valence-corrected chi connectivity index (χ3v) is 2.57. The number of anilines is 1. The molecule has 0 atom stereocenters. The van der Waals surface area contributed by atoms with Gasteiger partial charge in [0.05, 0.1) is 4.92 Å². The summed E-state index contributed by atoms with van der Waals surface area (Å²) in [6, 6.07) is 6.53. The zero-order valence-corrected chi connectivity index (χ0v) is 9.46. The van der Waals surface area contributed by atoms with Crippen LogP contribution in [-0.4, -0.2) is 18.5 Å². The van der Waals surface area contributed by atoms with Gasteiger partial charge >= 0.3 is 0 Å². The molecule has 0 N–H and O–H groups in total. The molecule has 1 aromatic carbocycles. The van der Waals surface area contributed by atoms with Crippen molar-refractivity contribution in [2.45, 2.75) is 0 Å². The lowest BCUT2D eigenvalue weighted by molar-refractivity contribution is -0.384. The van der Waals surface area contributed by atoms with E-state index < -0.39 is 4.92 Å².